The van der Waals surface area contributed by atoms with Crippen LogP contribution in [0.15, 0.2) is 22.7 Å². The SMILES string of the molecule is CN(Cc1cccc(F)c1Br)C(=O)O. The van der Waals surface area contributed by atoms with Crippen LogP contribution in [0.5, 0.6) is 0 Å². The van der Waals surface area contributed by atoms with E-state index in [-0.39, 0.29) is 12.4 Å². The fourth-order valence-corrected chi connectivity index (χ4v) is 1.38. The minimum Gasteiger partial charge on any atom is -0.465 e. The van der Waals surface area contributed by atoms with Gasteiger partial charge in [0.15, 0.2) is 0 Å². The van der Waals surface area contributed by atoms with Crippen LogP contribution in [0.25, 0.3) is 0 Å². The smallest absolute Gasteiger partial charge is 0.407 e. The van der Waals surface area contributed by atoms with Crippen molar-refractivity contribution in [1.29, 1.82) is 0 Å². The summed E-state index contributed by atoms with van der Waals surface area (Å²) < 4.78 is 13.3. The number of carboxylic acid groups (broad SMARTS) is 1. The van der Waals surface area contributed by atoms with E-state index in [1.54, 1.807) is 12.1 Å². The van der Waals surface area contributed by atoms with Gasteiger partial charge in [0.05, 0.1) is 4.47 Å². The molecule has 0 atom stereocenters. The van der Waals surface area contributed by atoms with Gasteiger partial charge < -0.3 is 10.0 Å². The minimum atomic E-state index is -1.04. The lowest BCUT2D eigenvalue weighted by molar-refractivity contribution is 0.153. The van der Waals surface area contributed by atoms with Gasteiger partial charge in [0.1, 0.15) is 5.82 Å². The van der Waals surface area contributed by atoms with Gasteiger partial charge in [-0.25, -0.2) is 9.18 Å². The number of hydrogen-bond acceptors (Lipinski definition) is 1. The highest BCUT2D eigenvalue weighted by Gasteiger charge is 2.10. The van der Waals surface area contributed by atoms with Crippen molar-refractivity contribution in [2.75, 3.05) is 7.05 Å². The molecule has 1 amide bonds. The standard InChI is InChI=1S/C9H9BrFNO2/c1-12(9(13)14)5-6-3-2-4-7(11)8(6)10/h2-4H,5H2,1H3,(H,13,14). The van der Waals surface area contributed by atoms with Crippen LogP contribution in [0.1, 0.15) is 5.56 Å². The highest BCUT2D eigenvalue weighted by atomic mass is 79.9. The quantitative estimate of drug-likeness (QED) is 0.890. The molecule has 0 aliphatic heterocycles. The fourth-order valence-electron chi connectivity index (χ4n) is 0.994. The molecule has 1 aromatic rings. The topological polar surface area (TPSA) is 40.5 Å². The average molecular weight is 262 g/mol. The number of hydrogen-bond donors (Lipinski definition) is 1. The highest BCUT2D eigenvalue weighted by molar-refractivity contribution is 9.10. The molecule has 1 rings (SSSR count). The molecule has 0 aliphatic rings. The van der Waals surface area contributed by atoms with E-state index in [0.717, 1.165) is 4.90 Å². The molecule has 76 valence electrons. The predicted molar refractivity (Wildman–Crippen MR) is 53.6 cm³/mol. The summed E-state index contributed by atoms with van der Waals surface area (Å²) in [7, 11) is 1.43. The number of halogens is 2. The molecule has 0 aliphatic carbocycles. The van der Waals surface area contributed by atoms with Crippen LogP contribution in [0.2, 0.25) is 0 Å². The van der Waals surface area contributed by atoms with Crippen molar-refractivity contribution in [3.05, 3.63) is 34.1 Å². The minimum absolute atomic E-state index is 0.160. The third-order valence-corrected chi connectivity index (χ3v) is 2.65. The highest BCUT2D eigenvalue weighted by Crippen LogP contribution is 2.21. The molecular formula is C9H9BrFNO2. The normalized spacial score (nSPS) is 9.93. The molecule has 0 saturated carbocycles. The van der Waals surface area contributed by atoms with Crippen molar-refractivity contribution in [3.63, 3.8) is 0 Å². The zero-order valence-corrected chi connectivity index (χ0v) is 9.08. The molecule has 0 saturated heterocycles. The summed E-state index contributed by atoms with van der Waals surface area (Å²) in [5.74, 6) is -0.388. The number of benzene rings is 1. The fraction of sp³-hybridized carbons (Fsp3) is 0.222. The molecule has 3 nitrogen and oxygen atoms in total. The Labute approximate surface area is 89.3 Å². The van der Waals surface area contributed by atoms with Crippen LogP contribution in [-0.4, -0.2) is 23.1 Å². The zero-order valence-electron chi connectivity index (χ0n) is 7.50. The largest absolute Gasteiger partial charge is 0.465 e. The summed E-state index contributed by atoms with van der Waals surface area (Å²) in [5, 5.41) is 8.62. The Morgan fingerprint density at radius 3 is 2.86 bits per heavy atom. The molecule has 0 radical (unpaired) electrons. The second-order valence-corrected chi connectivity index (χ2v) is 3.64. The summed E-state index contributed by atoms with van der Waals surface area (Å²) in [5.41, 5.74) is 0.606. The molecule has 0 heterocycles. The maximum atomic E-state index is 13.0. The average Bonchev–Trinajstić information content (AvgIpc) is 2.12. The van der Waals surface area contributed by atoms with E-state index in [0.29, 0.717) is 10.0 Å². The van der Waals surface area contributed by atoms with E-state index in [1.165, 1.54) is 13.1 Å². The lowest BCUT2D eigenvalue weighted by Crippen LogP contribution is -2.24. The van der Waals surface area contributed by atoms with Gasteiger partial charge in [0, 0.05) is 13.6 Å². The van der Waals surface area contributed by atoms with Gasteiger partial charge in [-0.3, -0.25) is 0 Å². The molecule has 0 bridgehead atoms. The number of carbonyl (C=O) groups is 1. The number of nitrogens with zero attached hydrogens (tertiary/aromatic N) is 1. The van der Waals surface area contributed by atoms with Crippen molar-refractivity contribution in [2.45, 2.75) is 6.54 Å². The first-order valence-electron chi connectivity index (χ1n) is 3.89. The van der Waals surface area contributed by atoms with Gasteiger partial charge in [-0.05, 0) is 27.6 Å². The van der Waals surface area contributed by atoms with Crippen molar-refractivity contribution in [2.24, 2.45) is 0 Å². The lowest BCUT2D eigenvalue weighted by atomic mass is 10.2. The van der Waals surface area contributed by atoms with Gasteiger partial charge in [0.2, 0.25) is 0 Å². The lowest BCUT2D eigenvalue weighted by Gasteiger charge is -2.13. The summed E-state index contributed by atoms with van der Waals surface area (Å²) in [4.78, 5) is 11.6. The van der Waals surface area contributed by atoms with Crippen molar-refractivity contribution < 1.29 is 14.3 Å². The zero-order chi connectivity index (χ0) is 10.7. The third kappa shape index (κ3) is 2.45. The van der Waals surface area contributed by atoms with Gasteiger partial charge in [0.25, 0.3) is 0 Å². The Balaban J connectivity index is 2.87. The summed E-state index contributed by atoms with van der Waals surface area (Å²) in [6.45, 7) is 0.160. The van der Waals surface area contributed by atoms with Crippen LogP contribution in [0.3, 0.4) is 0 Å². The molecular weight excluding hydrogens is 253 g/mol. The Hall–Kier alpha value is -1.10. The van der Waals surface area contributed by atoms with E-state index in [1.807, 2.05) is 0 Å². The van der Waals surface area contributed by atoms with E-state index in [2.05, 4.69) is 15.9 Å². The molecule has 0 unspecified atom stereocenters. The van der Waals surface area contributed by atoms with Crippen LogP contribution in [0, 0.1) is 5.82 Å². The van der Waals surface area contributed by atoms with Crippen LogP contribution >= 0.6 is 15.9 Å². The molecule has 1 N–H and O–H groups in total. The second-order valence-electron chi connectivity index (χ2n) is 2.85. The third-order valence-electron chi connectivity index (χ3n) is 1.77. The van der Waals surface area contributed by atoms with Gasteiger partial charge in [-0.1, -0.05) is 12.1 Å². The Kier molecular flexibility index (Phi) is 3.46. The Morgan fingerprint density at radius 2 is 2.29 bits per heavy atom. The van der Waals surface area contributed by atoms with E-state index >= 15 is 0 Å². The first-order valence-corrected chi connectivity index (χ1v) is 4.68. The second kappa shape index (κ2) is 4.41. The Morgan fingerprint density at radius 1 is 1.64 bits per heavy atom. The molecule has 0 aromatic heterocycles. The van der Waals surface area contributed by atoms with Crippen molar-refractivity contribution in [1.82, 2.24) is 4.90 Å². The van der Waals surface area contributed by atoms with Gasteiger partial charge in [-0.15, -0.1) is 0 Å². The molecule has 1 aromatic carbocycles. The van der Waals surface area contributed by atoms with Crippen molar-refractivity contribution >= 4 is 22.0 Å². The maximum Gasteiger partial charge on any atom is 0.407 e. The molecule has 14 heavy (non-hydrogen) atoms. The van der Waals surface area contributed by atoms with Gasteiger partial charge >= 0.3 is 6.09 Å². The van der Waals surface area contributed by atoms with Crippen LogP contribution < -0.4 is 0 Å². The van der Waals surface area contributed by atoms with Gasteiger partial charge in [-0.2, -0.15) is 0 Å². The molecule has 0 spiro atoms. The first-order chi connectivity index (χ1) is 6.52. The first kappa shape index (κ1) is 11.0. The molecule has 0 fully saturated rings. The maximum absolute atomic E-state index is 13.0. The predicted octanol–water partition coefficient (Wildman–Crippen LogP) is 2.70. The Bertz CT molecular complexity index is 357. The monoisotopic (exact) mass is 261 g/mol. The summed E-state index contributed by atoms with van der Waals surface area (Å²) >= 11 is 3.06. The number of rotatable bonds is 2. The van der Waals surface area contributed by atoms with E-state index in [9.17, 15) is 9.18 Å². The van der Waals surface area contributed by atoms with Crippen LogP contribution in [-0.2, 0) is 6.54 Å². The van der Waals surface area contributed by atoms with Crippen LogP contribution in [0.4, 0.5) is 9.18 Å². The van der Waals surface area contributed by atoms with E-state index in [4.69, 9.17) is 5.11 Å². The summed E-state index contributed by atoms with van der Waals surface area (Å²) in [6.07, 6.45) is -1.04. The molecule has 5 heteroatoms. The summed E-state index contributed by atoms with van der Waals surface area (Å²) in [6, 6.07) is 4.53. The number of amides is 1. The van der Waals surface area contributed by atoms with Crippen molar-refractivity contribution in [3.8, 4) is 0 Å². The van der Waals surface area contributed by atoms with E-state index < -0.39 is 6.09 Å².